The van der Waals surface area contributed by atoms with Gasteiger partial charge in [-0.2, -0.15) is 16.1 Å². The summed E-state index contributed by atoms with van der Waals surface area (Å²) < 4.78 is 38.0. The Kier molecular flexibility index (Phi) is 8.56. The summed E-state index contributed by atoms with van der Waals surface area (Å²) >= 11 is 1.34. The molecule has 1 fully saturated rings. The zero-order valence-corrected chi connectivity index (χ0v) is 21.9. The van der Waals surface area contributed by atoms with E-state index in [2.05, 4.69) is 17.2 Å². The normalized spacial score (nSPS) is 20.5. The van der Waals surface area contributed by atoms with Crippen LogP contribution in [0.4, 0.5) is 4.79 Å². The maximum atomic E-state index is 13.7. The minimum absolute atomic E-state index is 0.0386. The van der Waals surface area contributed by atoms with Crippen molar-refractivity contribution in [2.75, 3.05) is 25.4 Å². The van der Waals surface area contributed by atoms with Gasteiger partial charge in [0, 0.05) is 17.0 Å². The average Bonchev–Trinajstić information content (AvgIpc) is 2.71. The SMILES string of the molecule is CC#CCOc1ccc(S(=O)(=O)N2CCSC(C)(C)C2(CNC(=O)OC(C)(C)C)C(=O)O)cc1. The number of hydrogen-bond donors (Lipinski definition) is 2. The highest BCUT2D eigenvalue weighted by molar-refractivity contribution is 8.01. The Labute approximate surface area is 205 Å². The molecule has 1 aliphatic heterocycles. The Hall–Kier alpha value is -2.42. The fourth-order valence-corrected chi connectivity index (χ4v) is 6.91. The number of hydrogen-bond acceptors (Lipinski definition) is 7. The van der Waals surface area contributed by atoms with Crippen molar-refractivity contribution in [2.24, 2.45) is 0 Å². The molecule has 0 radical (unpaired) electrons. The highest BCUT2D eigenvalue weighted by atomic mass is 32.2. The van der Waals surface area contributed by atoms with E-state index in [9.17, 15) is 23.1 Å². The van der Waals surface area contributed by atoms with E-state index in [0.29, 0.717) is 11.5 Å². The summed E-state index contributed by atoms with van der Waals surface area (Å²) in [6.07, 6.45) is -0.825. The van der Waals surface area contributed by atoms with E-state index in [0.717, 1.165) is 4.31 Å². The first-order valence-corrected chi connectivity index (χ1v) is 13.1. The van der Waals surface area contributed by atoms with Crippen molar-refractivity contribution in [3.05, 3.63) is 24.3 Å². The van der Waals surface area contributed by atoms with Crippen molar-refractivity contribution in [2.45, 2.75) is 62.3 Å². The number of nitrogens with one attached hydrogen (secondary N) is 1. The lowest BCUT2D eigenvalue weighted by molar-refractivity contribution is -0.150. The van der Waals surface area contributed by atoms with Crippen LogP contribution in [0.1, 0.15) is 41.5 Å². The van der Waals surface area contributed by atoms with E-state index in [1.54, 1.807) is 41.5 Å². The number of nitrogens with zero attached hydrogens (tertiary/aromatic N) is 1. The van der Waals surface area contributed by atoms with Crippen molar-refractivity contribution in [3.8, 4) is 17.6 Å². The summed E-state index contributed by atoms with van der Waals surface area (Å²) in [5.41, 5.74) is -2.76. The molecule has 1 heterocycles. The van der Waals surface area contributed by atoms with Crippen LogP contribution in [0.15, 0.2) is 29.2 Å². The van der Waals surface area contributed by atoms with Crippen LogP contribution in [-0.2, 0) is 19.6 Å². The molecule has 188 valence electrons. The lowest BCUT2D eigenvalue weighted by atomic mass is 9.84. The van der Waals surface area contributed by atoms with Crippen molar-refractivity contribution < 1.29 is 32.6 Å². The summed E-state index contributed by atoms with van der Waals surface area (Å²) in [4.78, 5) is 25.0. The Bertz CT molecular complexity index is 1070. The Morgan fingerprint density at radius 3 is 2.38 bits per heavy atom. The topological polar surface area (TPSA) is 122 Å². The van der Waals surface area contributed by atoms with E-state index in [1.165, 1.54) is 36.0 Å². The van der Waals surface area contributed by atoms with Gasteiger partial charge in [-0.3, -0.25) is 4.79 Å². The minimum atomic E-state index is -4.25. The van der Waals surface area contributed by atoms with Gasteiger partial charge in [0.1, 0.15) is 18.0 Å². The lowest BCUT2D eigenvalue weighted by Crippen LogP contribution is -2.73. The highest BCUT2D eigenvalue weighted by Gasteiger charge is 2.62. The predicted octanol–water partition coefficient (Wildman–Crippen LogP) is 2.95. The number of carboxylic acid groups (broad SMARTS) is 1. The van der Waals surface area contributed by atoms with Crippen LogP contribution in [0.2, 0.25) is 0 Å². The zero-order valence-electron chi connectivity index (χ0n) is 20.3. The van der Waals surface area contributed by atoms with Crippen LogP contribution in [0.5, 0.6) is 5.75 Å². The van der Waals surface area contributed by atoms with E-state index in [-0.39, 0.29) is 18.0 Å². The summed E-state index contributed by atoms with van der Waals surface area (Å²) in [7, 11) is -4.25. The number of rotatable bonds is 7. The monoisotopic (exact) mass is 512 g/mol. The third-order valence-electron chi connectivity index (χ3n) is 5.32. The predicted molar refractivity (Wildman–Crippen MR) is 130 cm³/mol. The molecule has 0 aliphatic carbocycles. The van der Waals surface area contributed by atoms with Gasteiger partial charge in [0.25, 0.3) is 0 Å². The van der Waals surface area contributed by atoms with Crippen LogP contribution in [0.25, 0.3) is 0 Å². The first-order valence-electron chi connectivity index (χ1n) is 10.7. The number of ether oxygens (including phenoxy) is 2. The number of carbonyl (C=O) groups is 2. The molecule has 1 saturated heterocycles. The fourth-order valence-electron chi connectivity index (χ4n) is 3.60. The first-order chi connectivity index (χ1) is 15.7. The molecule has 0 aromatic heterocycles. The van der Waals surface area contributed by atoms with Gasteiger partial charge in [-0.15, -0.1) is 5.92 Å². The van der Waals surface area contributed by atoms with Crippen LogP contribution in [-0.4, -0.2) is 71.2 Å². The smallest absolute Gasteiger partial charge is 0.407 e. The van der Waals surface area contributed by atoms with E-state index >= 15 is 0 Å². The molecule has 2 N–H and O–H groups in total. The number of benzene rings is 1. The third-order valence-corrected chi connectivity index (χ3v) is 8.71. The standard InChI is InChI=1S/C23H32N2O7S2/c1-7-8-14-31-17-9-11-18(12-10-17)34(29,30)25-13-15-33-22(5,6)23(25,19(26)27)16-24-20(28)32-21(2,3)4/h9-12H,13-16H2,1-6H3,(H,24,28)(H,26,27). The molecular weight excluding hydrogens is 480 g/mol. The summed E-state index contributed by atoms with van der Waals surface area (Å²) in [5.74, 6) is 4.93. The molecule has 2 rings (SSSR count). The molecule has 11 heteroatoms. The van der Waals surface area contributed by atoms with Crippen molar-refractivity contribution in [3.63, 3.8) is 0 Å². The number of thioether (sulfide) groups is 1. The van der Waals surface area contributed by atoms with Crippen molar-refractivity contribution in [1.82, 2.24) is 9.62 Å². The van der Waals surface area contributed by atoms with Gasteiger partial charge < -0.3 is 19.9 Å². The molecule has 0 spiro atoms. The number of alkyl carbamates (subject to hydrolysis) is 1. The number of carbonyl (C=O) groups excluding carboxylic acids is 1. The van der Waals surface area contributed by atoms with Crippen LogP contribution in [0.3, 0.4) is 0 Å². The largest absolute Gasteiger partial charge is 0.481 e. The second kappa shape index (κ2) is 10.5. The molecule has 34 heavy (non-hydrogen) atoms. The van der Waals surface area contributed by atoms with Gasteiger partial charge in [-0.05, 0) is 65.8 Å². The second-order valence-electron chi connectivity index (χ2n) is 9.14. The van der Waals surface area contributed by atoms with Crippen molar-refractivity contribution in [1.29, 1.82) is 0 Å². The second-order valence-corrected chi connectivity index (χ2v) is 12.7. The van der Waals surface area contributed by atoms with E-state index in [4.69, 9.17) is 9.47 Å². The van der Waals surface area contributed by atoms with Gasteiger partial charge in [0.15, 0.2) is 5.54 Å². The molecule has 1 amide bonds. The molecule has 1 aromatic carbocycles. The number of carboxylic acids is 1. The average molecular weight is 513 g/mol. The summed E-state index contributed by atoms with van der Waals surface area (Å²) in [6, 6.07) is 5.73. The maximum absolute atomic E-state index is 13.7. The quantitative estimate of drug-likeness (QED) is 0.535. The van der Waals surface area contributed by atoms with E-state index < -0.39 is 44.5 Å². The highest BCUT2D eigenvalue weighted by Crippen LogP contribution is 2.46. The minimum Gasteiger partial charge on any atom is -0.481 e. The summed E-state index contributed by atoms with van der Waals surface area (Å²) in [5, 5.41) is 12.9. The molecule has 1 atom stereocenters. The first kappa shape index (κ1) is 27.8. The lowest BCUT2D eigenvalue weighted by Gasteiger charge is -2.52. The van der Waals surface area contributed by atoms with Gasteiger partial charge in [-0.1, -0.05) is 5.92 Å². The van der Waals surface area contributed by atoms with Gasteiger partial charge in [0.05, 0.1) is 11.4 Å². The zero-order chi connectivity index (χ0) is 25.8. The molecule has 9 nitrogen and oxygen atoms in total. The number of sulfonamides is 1. The van der Waals surface area contributed by atoms with Crippen molar-refractivity contribution >= 4 is 33.8 Å². The maximum Gasteiger partial charge on any atom is 0.407 e. The van der Waals surface area contributed by atoms with Crippen LogP contribution < -0.4 is 10.1 Å². The molecule has 1 aliphatic rings. The van der Waals surface area contributed by atoms with Gasteiger partial charge in [0.2, 0.25) is 10.0 Å². The molecule has 0 saturated carbocycles. The Morgan fingerprint density at radius 1 is 1.24 bits per heavy atom. The number of amides is 1. The molecule has 1 unspecified atom stereocenters. The molecule has 0 bridgehead atoms. The van der Waals surface area contributed by atoms with Gasteiger partial charge in [-0.25, -0.2) is 13.2 Å². The van der Waals surface area contributed by atoms with E-state index in [1.807, 2.05) is 0 Å². The van der Waals surface area contributed by atoms with Crippen LogP contribution in [0, 0.1) is 11.8 Å². The Balaban J connectivity index is 2.45. The van der Waals surface area contributed by atoms with Crippen LogP contribution >= 0.6 is 11.8 Å². The molecule has 1 aromatic rings. The molecular formula is C23H32N2O7S2. The number of aliphatic carboxylic acids is 1. The Morgan fingerprint density at radius 2 is 1.85 bits per heavy atom. The fraction of sp³-hybridized carbons (Fsp3) is 0.565. The summed E-state index contributed by atoms with van der Waals surface area (Å²) in [6.45, 7) is 9.71. The third kappa shape index (κ3) is 5.98. The van der Waals surface area contributed by atoms with Gasteiger partial charge >= 0.3 is 12.1 Å².